The molecule has 18 heavy (non-hydrogen) atoms. The standard InChI is InChI=1S/C15H18ClNO/c16-14(10-5-6-10)9-17-15(18)13-7-11-3-1-2-4-12(11)8-13/h1-4,10,13-14H,5-9H2,(H,17,18). The van der Waals surface area contributed by atoms with Gasteiger partial charge in [-0.3, -0.25) is 4.79 Å². The van der Waals surface area contributed by atoms with Crippen LogP contribution in [0.3, 0.4) is 0 Å². The fourth-order valence-corrected chi connectivity index (χ4v) is 3.04. The lowest BCUT2D eigenvalue weighted by atomic mass is 10.1. The van der Waals surface area contributed by atoms with Crippen molar-refractivity contribution in [3.05, 3.63) is 35.4 Å². The minimum Gasteiger partial charge on any atom is -0.354 e. The number of amides is 1. The summed E-state index contributed by atoms with van der Waals surface area (Å²) in [6, 6.07) is 8.33. The topological polar surface area (TPSA) is 29.1 Å². The summed E-state index contributed by atoms with van der Waals surface area (Å²) in [5.74, 6) is 0.899. The van der Waals surface area contributed by atoms with Crippen molar-refractivity contribution in [2.45, 2.75) is 31.1 Å². The van der Waals surface area contributed by atoms with Crippen molar-refractivity contribution in [1.82, 2.24) is 5.32 Å². The molecule has 1 aromatic rings. The number of carbonyl (C=O) groups is 1. The second-order valence-electron chi connectivity index (χ2n) is 5.47. The first-order chi connectivity index (χ1) is 8.74. The number of alkyl halides is 1. The molecule has 1 atom stereocenters. The molecular weight excluding hydrogens is 246 g/mol. The maximum atomic E-state index is 12.1. The van der Waals surface area contributed by atoms with Crippen LogP contribution < -0.4 is 5.32 Å². The predicted molar refractivity (Wildman–Crippen MR) is 72.7 cm³/mol. The summed E-state index contributed by atoms with van der Waals surface area (Å²) in [6.45, 7) is 0.623. The average molecular weight is 264 g/mol. The van der Waals surface area contributed by atoms with E-state index in [1.165, 1.54) is 24.0 Å². The zero-order chi connectivity index (χ0) is 12.5. The monoisotopic (exact) mass is 263 g/mol. The Bertz CT molecular complexity index is 431. The van der Waals surface area contributed by atoms with E-state index in [1.807, 2.05) is 12.1 Å². The molecule has 1 unspecified atom stereocenters. The van der Waals surface area contributed by atoms with Gasteiger partial charge in [0.15, 0.2) is 0 Å². The fraction of sp³-hybridized carbons (Fsp3) is 0.533. The highest BCUT2D eigenvalue weighted by molar-refractivity contribution is 6.21. The molecule has 0 aliphatic heterocycles. The molecule has 1 amide bonds. The van der Waals surface area contributed by atoms with E-state index >= 15 is 0 Å². The number of benzene rings is 1. The number of carbonyl (C=O) groups excluding carboxylic acids is 1. The van der Waals surface area contributed by atoms with Crippen molar-refractivity contribution in [2.24, 2.45) is 11.8 Å². The highest BCUT2D eigenvalue weighted by Crippen LogP contribution is 2.35. The highest BCUT2D eigenvalue weighted by atomic mass is 35.5. The Morgan fingerprint density at radius 2 is 1.89 bits per heavy atom. The maximum Gasteiger partial charge on any atom is 0.223 e. The molecule has 0 radical (unpaired) electrons. The van der Waals surface area contributed by atoms with Gasteiger partial charge in [-0.1, -0.05) is 24.3 Å². The Kier molecular flexibility index (Phi) is 3.29. The van der Waals surface area contributed by atoms with E-state index in [2.05, 4.69) is 17.4 Å². The molecule has 96 valence electrons. The van der Waals surface area contributed by atoms with Crippen molar-refractivity contribution >= 4 is 17.5 Å². The molecule has 0 saturated heterocycles. The smallest absolute Gasteiger partial charge is 0.223 e. The number of hydrogen-bond donors (Lipinski definition) is 1. The van der Waals surface area contributed by atoms with E-state index in [0.717, 1.165) is 12.8 Å². The summed E-state index contributed by atoms with van der Waals surface area (Å²) >= 11 is 6.20. The van der Waals surface area contributed by atoms with E-state index < -0.39 is 0 Å². The molecule has 3 heteroatoms. The highest BCUT2D eigenvalue weighted by Gasteiger charge is 2.31. The molecule has 1 fully saturated rings. The van der Waals surface area contributed by atoms with Crippen molar-refractivity contribution in [2.75, 3.05) is 6.54 Å². The molecule has 0 spiro atoms. The van der Waals surface area contributed by atoms with Crippen LogP contribution in [0.25, 0.3) is 0 Å². The van der Waals surface area contributed by atoms with Crippen LogP contribution in [0.4, 0.5) is 0 Å². The number of hydrogen-bond acceptors (Lipinski definition) is 1. The Morgan fingerprint density at radius 1 is 1.28 bits per heavy atom. The maximum absolute atomic E-state index is 12.1. The first kappa shape index (κ1) is 12.0. The normalized spacial score (nSPS) is 20.5. The van der Waals surface area contributed by atoms with E-state index in [9.17, 15) is 4.79 Å². The van der Waals surface area contributed by atoms with Crippen LogP contribution in [0.5, 0.6) is 0 Å². The first-order valence-corrected chi connectivity index (χ1v) is 7.16. The van der Waals surface area contributed by atoms with Gasteiger partial charge in [-0.15, -0.1) is 11.6 Å². The van der Waals surface area contributed by atoms with E-state index in [0.29, 0.717) is 12.5 Å². The van der Waals surface area contributed by atoms with Crippen LogP contribution >= 0.6 is 11.6 Å². The molecule has 2 aliphatic carbocycles. The lowest BCUT2D eigenvalue weighted by Crippen LogP contribution is -2.35. The van der Waals surface area contributed by atoms with Gasteiger partial charge in [0.1, 0.15) is 0 Å². The third-order valence-electron chi connectivity index (χ3n) is 4.03. The second kappa shape index (κ2) is 4.93. The molecule has 0 bridgehead atoms. The van der Waals surface area contributed by atoms with Gasteiger partial charge in [0.05, 0.1) is 5.38 Å². The minimum absolute atomic E-state index is 0.102. The minimum atomic E-state index is 0.102. The van der Waals surface area contributed by atoms with Crippen molar-refractivity contribution in [3.63, 3.8) is 0 Å². The SMILES string of the molecule is O=C(NCC(Cl)C1CC1)C1Cc2ccccc2C1. The molecule has 2 aliphatic rings. The van der Waals surface area contributed by atoms with Crippen LogP contribution in [0.2, 0.25) is 0 Å². The second-order valence-corrected chi connectivity index (χ2v) is 6.03. The van der Waals surface area contributed by atoms with Gasteiger partial charge in [-0.25, -0.2) is 0 Å². The van der Waals surface area contributed by atoms with Crippen LogP contribution in [0, 0.1) is 11.8 Å². The lowest BCUT2D eigenvalue weighted by molar-refractivity contribution is -0.124. The molecule has 0 heterocycles. The number of rotatable bonds is 4. The Hall–Kier alpha value is -1.02. The number of fused-ring (bicyclic) bond motifs is 1. The summed E-state index contributed by atoms with van der Waals surface area (Å²) in [7, 11) is 0. The fourth-order valence-electron chi connectivity index (χ4n) is 2.71. The zero-order valence-corrected chi connectivity index (χ0v) is 11.1. The quantitative estimate of drug-likeness (QED) is 0.831. The molecule has 3 rings (SSSR count). The van der Waals surface area contributed by atoms with Gasteiger partial charge in [-0.05, 0) is 42.7 Å². The largest absolute Gasteiger partial charge is 0.354 e. The number of halogens is 1. The van der Waals surface area contributed by atoms with Gasteiger partial charge >= 0.3 is 0 Å². The van der Waals surface area contributed by atoms with Crippen molar-refractivity contribution in [3.8, 4) is 0 Å². The Morgan fingerprint density at radius 3 is 2.44 bits per heavy atom. The van der Waals surface area contributed by atoms with E-state index in [1.54, 1.807) is 0 Å². The molecule has 1 aromatic carbocycles. The van der Waals surface area contributed by atoms with Crippen LogP contribution in [-0.4, -0.2) is 17.8 Å². The van der Waals surface area contributed by atoms with E-state index in [-0.39, 0.29) is 17.2 Å². The number of nitrogens with one attached hydrogen (secondary N) is 1. The van der Waals surface area contributed by atoms with Crippen molar-refractivity contribution < 1.29 is 4.79 Å². The summed E-state index contributed by atoms with van der Waals surface area (Å²) < 4.78 is 0. The third kappa shape index (κ3) is 2.54. The molecule has 1 N–H and O–H groups in total. The predicted octanol–water partition coefficient (Wildman–Crippen LogP) is 2.54. The van der Waals surface area contributed by atoms with Crippen LogP contribution in [0.1, 0.15) is 24.0 Å². The molecule has 1 saturated carbocycles. The molecule has 2 nitrogen and oxygen atoms in total. The molecule has 0 aromatic heterocycles. The lowest BCUT2D eigenvalue weighted by Gasteiger charge is -2.13. The van der Waals surface area contributed by atoms with Crippen LogP contribution in [0.15, 0.2) is 24.3 Å². The summed E-state index contributed by atoms with van der Waals surface area (Å²) in [5.41, 5.74) is 2.64. The first-order valence-electron chi connectivity index (χ1n) is 6.72. The van der Waals surface area contributed by atoms with Gasteiger partial charge in [0.25, 0.3) is 0 Å². The zero-order valence-electron chi connectivity index (χ0n) is 10.4. The van der Waals surface area contributed by atoms with Gasteiger partial charge in [0.2, 0.25) is 5.91 Å². The summed E-state index contributed by atoms with van der Waals surface area (Å²) in [4.78, 5) is 12.1. The third-order valence-corrected chi connectivity index (χ3v) is 4.54. The Labute approximate surface area is 113 Å². The summed E-state index contributed by atoms with van der Waals surface area (Å²) in [6.07, 6.45) is 4.19. The van der Waals surface area contributed by atoms with Gasteiger partial charge < -0.3 is 5.32 Å². The van der Waals surface area contributed by atoms with Crippen molar-refractivity contribution in [1.29, 1.82) is 0 Å². The van der Waals surface area contributed by atoms with Crippen LogP contribution in [-0.2, 0) is 17.6 Å². The van der Waals surface area contributed by atoms with Gasteiger partial charge in [0, 0.05) is 12.5 Å². The Balaban J connectivity index is 1.52. The molecular formula is C15H18ClNO. The average Bonchev–Trinajstić information content (AvgIpc) is 3.14. The van der Waals surface area contributed by atoms with E-state index in [4.69, 9.17) is 11.6 Å². The summed E-state index contributed by atoms with van der Waals surface area (Å²) in [5, 5.41) is 3.13. The van der Waals surface area contributed by atoms with Gasteiger partial charge in [-0.2, -0.15) is 0 Å².